The number of rotatable bonds is 5. The Morgan fingerprint density at radius 2 is 2.14 bits per heavy atom. The number of nitrogens with one attached hydrogen (secondary N) is 1. The van der Waals surface area contributed by atoms with Gasteiger partial charge in [0.1, 0.15) is 5.69 Å². The van der Waals surface area contributed by atoms with Crippen molar-refractivity contribution in [3.8, 4) is 0 Å². The molecule has 0 fully saturated rings. The lowest BCUT2D eigenvalue weighted by molar-refractivity contribution is -0.384. The van der Waals surface area contributed by atoms with Gasteiger partial charge in [0.25, 0.3) is 5.69 Å². The maximum atomic E-state index is 12.6. The van der Waals surface area contributed by atoms with Crippen molar-refractivity contribution in [3.63, 3.8) is 0 Å². The number of aromatic nitrogens is 2. The zero-order chi connectivity index (χ0) is 16.3. The molecule has 0 aliphatic carbocycles. The van der Waals surface area contributed by atoms with Crippen LogP contribution in [0.3, 0.4) is 0 Å². The Hall–Kier alpha value is -2.58. The molecule has 1 N–H and O–H groups in total. The van der Waals surface area contributed by atoms with Crippen LogP contribution < -0.4 is 5.32 Å². The Balaban J connectivity index is 2.13. The minimum absolute atomic E-state index is 0.0557. The maximum Gasteiger partial charge on any atom is 0.416 e. The van der Waals surface area contributed by atoms with Gasteiger partial charge in [-0.1, -0.05) is 0 Å². The van der Waals surface area contributed by atoms with Gasteiger partial charge in [-0.05, 0) is 12.1 Å². The van der Waals surface area contributed by atoms with Crippen molar-refractivity contribution >= 4 is 11.4 Å². The van der Waals surface area contributed by atoms with Crippen LogP contribution >= 0.6 is 0 Å². The second-order valence-corrected chi connectivity index (χ2v) is 4.66. The first-order valence-electron chi connectivity index (χ1n) is 6.33. The number of aryl methyl sites for hydroxylation is 1. The fourth-order valence-corrected chi connectivity index (χ4v) is 1.96. The summed E-state index contributed by atoms with van der Waals surface area (Å²) in [5, 5.41) is 13.7. The van der Waals surface area contributed by atoms with E-state index in [1.807, 2.05) is 7.05 Å². The highest BCUT2D eigenvalue weighted by Crippen LogP contribution is 2.34. The molecule has 0 aliphatic rings. The van der Waals surface area contributed by atoms with Crippen LogP contribution in [0, 0.1) is 10.1 Å². The van der Waals surface area contributed by atoms with Crippen molar-refractivity contribution < 1.29 is 18.1 Å². The number of anilines is 1. The van der Waals surface area contributed by atoms with Crippen molar-refractivity contribution in [2.45, 2.75) is 12.6 Å². The molecule has 0 aliphatic heterocycles. The number of imidazole rings is 1. The molecular weight excluding hydrogens is 301 g/mol. The average Bonchev–Trinajstić information content (AvgIpc) is 2.83. The van der Waals surface area contributed by atoms with Crippen LogP contribution in [-0.2, 0) is 19.6 Å². The minimum atomic E-state index is -4.61. The first kappa shape index (κ1) is 15.8. The summed E-state index contributed by atoms with van der Waals surface area (Å²) in [7, 11) is 1.81. The van der Waals surface area contributed by atoms with Crippen LogP contribution in [0.4, 0.5) is 24.5 Å². The van der Waals surface area contributed by atoms with Crippen LogP contribution in [0.1, 0.15) is 11.3 Å². The summed E-state index contributed by atoms with van der Waals surface area (Å²) in [6.45, 7) is 0.339. The molecule has 2 aromatic rings. The number of hydrogen-bond acceptors (Lipinski definition) is 4. The molecule has 0 atom stereocenters. The van der Waals surface area contributed by atoms with Gasteiger partial charge in [0.2, 0.25) is 0 Å². The lowest BCUT2D eigenvalue weighted by Gasteiger charge is -2.10. The van der Waals surface area contributed by atoms with Crippen molar-refractivity contribution in [2.75, 3.05) is 11.9 Å². The maximum absolute atomic E-state index is 12.6. The molecule has 0 unspecified atom stereocenters. The van der Waals surface area contributed by atoms with Crippen molar-refractivity contribution in [3.05, 3.63) is 52.1 Å². The van der Waals surface area contributed by atoms with Crippen LogP contribution in [0.15, 0.2) is 30.7 Å². The van der Waals surface area contributed by atoms with Gasteiger partial charge in [0, 0.05) is 38.0 Å². The lowest BCUT2D eigenvalue weighted by atomic mass is 10.1. The Labute approximate surface area is 123 Å². The number of halogens is 3. The van der Waals surface area contributed by atoms with E-state index in [1.165, 1.54) is 0 Å². The molecule has 118 valence electrons. The summed E-state index contributed by atoms with van der Waals surface area (Å²) < 4.78 is 39.6. The molecule has 9 heteroatoms. The molecule has 22 heavy (non-hydrogen) atoms. The first-order chi connectivity index (χ1) is 10.3. The van der Waals surface area contributed by atoms with Gasteiger partial charge in [0.15, 0.2) is 0 Å². The molecule has 1 aromatic heterocycles. The molecule has 0 bridgehead atoms. The van der Waals surface area contributed by atoms with Crippen molar-refractivity contribution in [1.29, 1.82) is 0 Å². The second kappa shape index (κ2) is 6.04. The minimum Gasteiger partial charge on any atom is -0.379 e. The average molecular weight is 314 g/mol. The fourth-order valence-electron chi connectivity index (χ4n) is 1.96. The standard InChI is InChI=1S/C13H13F3N4O2/c1-19-8-17-7-10(19)4-5-18-11-3-2-9(13(14,15)16)6-12(11)20(21)22/h2-3,6-8,18H,4-5H2,1H3. The second-order valence-electron chi connectivity index (χ2n) is 4.66. The molecule has 6 nitrogen and oxygen atoms in total. The van der Waals surface area contributed by atoms with Crippen LogP contribution in [0.2, 0.25) is 0 Å². The summed E-state index contributed by atoms with van der Waals surface area (Å²) in [5.41, 5.74) is -0.682. The third kappa shape index (κ3) is 3.54. The third-order valence-electron chi connectivity index (χ3n) is 3.13. The van der Waals surface area contributed by atoms with Gasteiger partial charge >= 0.3 is 6.18 Å². The molecule has 0 saturated heterocycles. The van der Waals surface area contributed by atoms with E-state index < -0.39 is 22.4 Å². The highest BCUT2D eigenvalue weighted by molar-refractivity contribution is 5.63. The zero-order valence-electron chi connectivity index (χ0n) is 11.6. The summed E-state index contributed by atoms with van der Waals surface area (Å²) in [4.78, 5) is 14.0. The van der Waals surface area contributed by atoms with Crippen LogP contribution in [-0.4, -0.2) is 21.0 Å². The molecule has 2 rings (SSSR count). The van der Waals surface area contributed by atoms with E-state index in [-0.39, 0.29) is 5.69 Å². The predicted molar refractivity (Wildman–Crippen MR) is 73.5 cm³/mol. The molecule has 1 heterocycles. The SMILES string of the molecule is Cn1cncc1CCNc1ccc(C(F)(F)F)cc1[N+](=O)[O-]. The first-order valence-corrected chi connectivity index (χ1v) is 6.33. The summed E-state index contributed by atoms with van der Waals surface area (Å²) in [5.74, 6) is 0. The normalized spacial score (nSPS) is 11.5. The van der Waals surface area contributed by atoms with Gasteiger partial charge in [-0.25, -0.2) is 4.98 Å². The number of benzene rings is 1. The topological polar surface area (TPSA) is 73.0 Å². The molecule has 0 saturated carbocycles. The number of nitro benzene ring substituents is 1. The van der Waals surface area contributed by atoms with Gasteiger partial charge < -0.3 is 9.88 Å². The van der Waals surface area contributed by atoms with Gasteiger partial charge in [-0.3, -0.25) is 10.1 Å². The molecular formula is C13H13F3N4O2. The lowest BCUT2D eigenvalue weighted by Crippen LogP contribution is -2.11. The third-order valence-corrected chi connectivity index (χ3v) is 3.13. The zero-order valence-corrected chi connectivity index (χ0v) is 11.6. The van der Waals surface area contributed by atoms with E-state index in [2.05, 4.69) is 10.3 Å². The van der Waals surface area contributed by atoms with E-state index in [1.54, 1.807) is 17.1 Å². The Kier molecular flexibility index (Phi) is 4.34. The summed E-state index contributed by atoms with van der Waals surface area (Å²) >= 11 is 0. The van der Waals surface area contributed by atoms with Crippen molar-refractivity contribution in [1.82, 2.24) is 9.55 Å². The number of nitro groups is 1. The monoisotopic (exact) mass is 314 g/mol. The molecule has 0 amide bonds. The smallest absolute Gasteiger partial charge is 0.379 e. The van der Waals surface area contributed by atoms with Crippen LogP contribution in [0.5, 0.6) is 0 Å². The number of nitrogens with zero attached hydrogens (tertiary/aromatic N) is 3. The quantitative estimate of drug-likeness (QED) is 0.680. The Morgan fingerprint density at radius 3 is 2.68 bits per heavy atom. The van der Waals surface area contributed by atoms with E-state index in [0.717, 1.165) is 17.8 Å². The van der Waals surface area contributed by atoms with E-state index >= 15 is 0 Å². The van der Waals surface area contributed by atoms with Gasteiger partial charge in [-0.2, -0.15) is 13.2 Å². The largest absolute Gasteiger partial charge is 0.416 e. The number of hydrogen-bond donors (Lipinski definition) is 1. The summed E-state index contributed by atoms with van der Waals surface area (Å²) in [6.07, 6.45) is -0.800. The van der Waals surface area contributed by atoms with Crippen molar-refractivity contribution in [2.24, 2.45) is 7.05 Å². The van der Waals surface area contributed by atoms with E-state index in [9.17, 15) is 23.3 Å². The molecule has 1 aromatic carbocycles. The molecule has 0 spiro atoms. The predicted octanol–water partition coefficient (Wildman–Crippen LogP) is 3.00. The van der Waals surface area contributed by atoms with E-state index in [0.29, 0.717) is 19.0 Å². The van der Waals surface area contributed by atoms with Gasteiger partial charge in [0.05, 0.1) is 16.8 Å². The Bertz CT molecular complexity index is 682. The van der Waals surface area contributed by atoms with Crippen LogP contribution in [0.25, 0.3) is 0 Å². The summed E-state index contributed by atoms with van der Waals surface area (Å²) in [6, 6.07) is 2.43. The van der Waals surface area contributed by atoms with E-state index in [4.69, 9.17) is 0 Å². The highest BCUT2D eigenvalue weighted by atomic mass is 19.4. The highest BCUT2D eigenvalue weighted by Gasteiger charge is 2.32. The fraction of sp³-hybridized carbons (Fsp3) is 0.308. The van der Waals surface area contributed by atoms with Gasteiger partial charge in [-0.15, -0.1) is 0 Å². The Morgan fingerprint density at radius 1 is 1.41 bits per heavy atom. The molecule has 0 radical (unpaired) electrons. The number of alkyl halides is 3.